The molecule has 0 bridgehead atoms. The second-order valence-electron chi connectivity index (χ2n) is 5.03. The predicted molar refractivity (Wildman–Crippen MR) is 77.9 cm³/mol. The highest BCUT2D eigenvalue weighted by Crippen LogP contribution is 2.24. The zero-order valence-electron chi connectivity index (χ0n) is 11.9. The van der Waals surface area contributed by atoms with Gasteiger partial charge < -0.3 is 10.2 Å². The van der Waals surface area contributed by atoms with Crippen molar-refractivity contribution in [2.75, 3.05) is 13.6 Å². The normalized spacial score (nSPS) is 12.9. The van der Waals surface area contributed by atoms with E-state index in [1.165, 1.54) is 16.7 Å². The molecule has 0 amide bonds. The first-order valence-electron chi connectivity index (χ1n) is 6.62. The van der Waals surface area contributed by atoms with Crippen molar-refractivity contribution in [3.8, 4) is 0 Å². The monoisotopic (exact) mass is 258 g/mol. The molecule has 2 rings (SSSR count). The zero-order valence-corrected chi connectivity index (χ0v) is 11.9. The van der Waals surface area contributed by atoms with Gasteiger partial charge in [0.05, 0.1) is 6.26 Å². The van der Waals surface area contributed by atoms with Crippen LogP contribution in [0.25, 0.3) is 0 Å². The number of aryl methyl sites for hydroxylation is 2. The molecular weight excluding hydrogens is 236 g/mol. The van der Waals surface area contributed by atoms with Gasteiger partial charge in [0.15, 0.2) is 0 Å². The second kappa shape index (κ2) is 6.04. The van der Waals surface area contributed by atoms with Crippen molar-refractivity contribution in [1.82, 2.24) is 4.90 Å². The maximum absolute atomic E-state index is 5.98. The number of rotatable bonds is 5. The molecule has 102 valence electrons. The van der Waals surface area contributed by atoms with Gasteiger partial charge in [-0.15, -0.1) is 0 Å². The van der Waals surface area contributed by atoms with Gasteiger partial charge in [0.2, 0.25) is 0 Å². The third kappa shape index (κ3) is 3.06. The third-order valence-electron chi connectivity index (χ3n) is 3.69. The Morgan fingerprint density at radius 1 is 1.21 bits per heavy atom. The molecule has 19 heavy (non-hydrogen) atoms. The molecular formula is C16H22N2O. The molecule has 1 aromatic carbocycles. The molecule has 0 spiro atoms. The number of furan rings is 1. The smallest absolute Gasteiger partial charge is 0.105 e. The summed E-state index contributed by atoms with van der Waals surface area (Å²) in [7, 11) is 2.11. The van der Waals surface area contributed by atoms with Crippen LogP contribution in [0.4, 0.5) is 0 Å². The van der Waals surface area contributed by atoms with Crippen molar-refractivity contribution in [2.24, 2.45) is 5.73 Å². The van der Waals surface area contributed by atoms with Crippen molar-refractivity contribution in [2.45, 2.75) is 26.4 Å². The van der Waals surface area contributed by atoms with Gasteiger partial charge >= 0.3 is 0 Å². The maximum Gasteiger partial charge on any atom is 0.105 e. The number of nitrogens with two attached hydrogens (primary N) is 1. The molecule has 3 nitrogen and oxygen atoms in total. The molecule has 0 radical (unpaired) electrons. The van der Waals surface area contributed by atoms with Crippen LogP contribution in [-0.4, -0.2) is 18.5 Å². The SMILES string of the molecule is Cc1ccccc1C(CN)N(C)Cc1ccoc1C. The van der Waals surface area contributed by atoms with Crippen molar-refractivity contribution >= 4 is 0 Å². The van der Waals surface area contributed by atoms with E-state index < -0.39 is 0 Å². The lowest BCUT2D eigenvalue weighted by molar-refractivity contribution is 0.239. The van der Waals surface area contributed by atoms with Crippen LogP contribution < -0.4 is 5.73 Å². The van der Waals surface area contributed by atoms with E-state index >= 15 is 0 Å². The molecule has 1 aromatic heterocycles. The molecule has 2 N–H and O–H groups in total. The molecule has 0 saturated heterocycles. The van der Waals surface area contributed by atoms with Crippen LogP contribution >= 0.6 is 0 Å². The van der Waals surface area contributed by atoms with Crippen molar-refractivity contribution in [3.05, 3.63) is 59.0 Å². The summed E-state index contributed by atoms with van der Waals surface area (Å²) in [5, 5.41) is 0. The number of likely N-dealkylation sites (N-methyl/N-ethyl adjacent to an activating group) is 1. The van der Waals surface area contributed by atoms with Crippen LogP contribution in [-0.2, 0) is 6.54 Å². The van der Waals surface area contributed by atoms with Crippen LogP contribution in [0.2, 0.25) is 0 Å². The molecule has 0 saturated carbocycles. The molecule has 2 aromatic rings. The molecule has 1 unspecified atom stereocenters. The van der Waals surface area contributed by atoms with E-state index in [0.717, 1.165) is 12.3 Å². The van der Waals surface area contributed by atoms with Crippen LogP contribution in [0.5, 0.6) is 0 Å². The Kier molecular flexibility index (Phi) is 4.40. The lowest BCUT2D eigenvalue weighted by atomic mass is 10.00. The molecule has 0 aliphatic rings. The van der Waals surface area contributed by atoms with Crippen molar-refractivity contribution < 1.29 is 4.42 Å². The first-order valence-corrected chi connectivity index (χ1v) is 6.62. The highest BCUT2D eigenvalue weighted by atomic mass is 16.3. The Bertz CT molecular complexity index is 533. The minimum Gasteiger partial charge on any atom is -0.469 e. The van der Waals surface area contributed by atoms with E-state index in [4.69, 9.17) is 10.2 Å². The van der Waals surface area contributed by atoms with E-state index in [9.17, 15) is 0 Å². The average Bonchev–Trinajstić information content (AvgIpc) is 2.78. The topological polar surface area (TPSA) is 42.4 Å². The van der Waals surface area contributed by atoms with Gasteiger partial charge in [-0.05, 0) is 38.1 Å². The maximum atomic E-state index is 5.98. The number of benzene rings is 1. The van der Waals surface area contributed by atoms with Crippen LogP contribution in [0, 0.1) is 13.8 Å². The van der Waals surface area contributed by atoms with Crippen LogP contribution in [0.15, 0.2) is 41.0 Å². The number of nitrogens with zero attached hydrogens (tertiary/aromatic N) is 1. The fourth-order valence-corrected chi connectivity index (χ4v) is 2.46. The summed E-state index contributed by atoms with van der Waals surface area (Å²) in [6.07, 6.45) is 1.74. The average molecular weight is 258 g/mol. The highest BCUT2D eigenvalue weighted by molar-refractivity contribution is 5.29. The molecule has 3 heteroatoms. The van der Waals surface area contributed by atoms with Crippen molar-refractivity contribution in [3.63, 3.8) is 0 Å². The van der Waals surface area contributed by atoms with Gasteiger partial charge in [-0.1, -0.05) is 24.3 Å². The van der Waals surface area contributed by atoms with E-state index in [1.54, 1.807) is 6.26 Å². The minimum absolute atomic E-state index is 0.232. The summed E-state index contributed by atoms with van der Waals surface area (Å²) in [5.41, 5.74) is 9.78. The fourth-order valence-electron chi connectivity index (χ4n) is 2.46. The third-order valence-corrected chi connectivity index (χ3v) is 3.69. The summed E-state index contributed by atoms with van der Waals surface area (Å²) in [6, 6.07) is 10.7. The fraction of sp³-hybridized carbons (Fsp3) is 0.375. The van der Waals surface area contributed by atoms with E-state index in [-0.39, 0.29) is 6.04 Å². The van der Waals surface area contributed by atoms with Crippen molar-refractivity contribution in [1.29, 1.82) is 0 Å². The predicted octanol–water partition coefficient (Wildman–Crippen LogP) is 3.03. The Morgan fingerprint density at radius 3 is 2.53 bits per heavy atom. The lowest BCUT2D eigenvalue weighted by Gasteiger charge is -2.28. The van der Waals surface area contributed by atoms with Gasteiger partial charge in [0.25, 0.3) is 0 Å². The highest BCUT2D eigenvalue weighted by Gasteiger charge is 2.18. The minimum atomic E-state index is 0.232. The molecule has 1 atom stereocenters. The summed E-state index contributed by atoms with van der Waals surface area (Å²) in [4.78, 5) is 2.28. The van der Waals surface area contributed by atoms with Gasteiger partial charge in [-0.3, -0.25) is 4.90 Å². The summed E-state index contributed by atoms with van der Waals surface area (Å²) >= 11 is 0. The zero-order chi connectivity index (χ0) is 13.8. The van der Waals surface area contributed by atoms with Gasteiger partial charge in [0, 0.05) is 24.7 Å². The first-order chi connectivity index (χ1) is 9.13. The Balaban J connectivity index is 2.18. The number of hydrogen-bond donors (Lipinski definition) is 1. The Hall–Kier alpha value is -1.58. The largest absolute Gasteiger partial charge is 0.469 e. The first kappa shape index (κ1) is 13.8. The molecule has 1 heterocycles. The summed E-state index contributed by atoms with van der Waals surface area (Å²) < 4.78 is 5.35. The standard InChI is InChI=1S/C16H22N2O/c1-12-6-4-5-7-15(12)16(10-17)18(3)11-14-8-9-19-13(14)2/h4-9,16H,10-11,17H2,1-3H3. The second-order valence-corrected chi connectivity index (χ2v) is 5.03. The van der Waals surface area contributed by atoms with E-state index in [2.05, 4.69) is 43.1 Å². The molecule has 0 aliphatic heterocycles. The summed E-state index contributed by atoms with van der Waals surface area (Å²) in [5.74, 6) is 0.979. The molecule has 0 aliphatic carbocycles. The van der Waals surface area contributed by atoms with E-state index in [0.29, 0.717) is 6.54 Å². The van der Waals surface area contributed by atoms with Crippen LogP contribution in [0.1, 0.15) is 28.5 Å². The van der Waals surface area contributed by atoms with Crippen LogP contribution in [0.3, 0.4) is 0 Å². The lowest BCUT2D eigenvalue weighted by Crippen LogP contribution is -2.30. The van der Waals surface area contributed by atoms with Gasteiger partial charge in [-0.2, -0.15) is 0 Å². The number of hydrogen-bond acceptors (Lipinski definition) is 3. The Morgan fingerprint density at radius 2 is 1.95 bits per heavy atom. The quantitative estimate of drug-likeness (QED) is 0.896. The van der Waals surface area contributed by atoms with E-state index in [1.807, 2.05) is 13.0 Å². The van der Waals surface area contributed by atoms with Gasteiger partial charge in [-0.25, -0.2) is 0 Å². The van der Waals surface area contributed by atoms with Gasteiger partial charge in [0.1, 0.15) is 5.76 Å². The summed E-state index contributed by atoms with van der Waals surface area (Å²) in [6.45, 7) is 5.58. The Labute approximate surface area is 115 Å². The molecule has 0 fully saturated rings.